The first kappa shape index (κ1) is 16.4. The van der Waals surface area contributed by atoms with Crippen LogP contribution in [0.25, 0.3) is 0 Å². The Hall–Kier alpha value is -0.690. The topological polar surface area (TPSA) is 68.2 Å². The lowest BCUT2D eigenvalue weighted by Gasteiger charge is -2.31. The molecule has 1 aliphatic rings. The number of likely N-dealkylation sites (tertiary alicyclic amines) is 1. The van der Waals surface area contributed by atoms with Crippen LogP contribution in [-0.4, -0.2) is 75.8 Å². The molecule has 0 bridgehead atoms. The van der Waals surface area contributed by atoms with Crippen LogP contribution in [0.4, 0.5) is 0 Å². The Balaban J connectivity index is 2.12. The third kappa shape index (κ3) is 6.33. The number of carbonyl (C=O) groups is 1. The van der Waals surface area contributed by atoms with Crippen molar-refractivity contribution in [3.8, 4) is 0 Å². The maximum atomic E-state index is 11.4. The number of methoxy groups -OCH3 is 2. The number of aliphatic hydroxyl groups excluding tert-OH is 1. The summed E-state index contributed by atoms with van der Waals surface area (Å²) in [5.41, 5.74) is 0. The summed E-state index contributed by atoms with van der Waals surface area (Å²) in [6.45, 7) is 3.57. The summed E-state index contributed by atoms with van der Waals surface area (Å²) < 4.78 is 14.9. The quantitative estimate of drug-likeness (QED) is 0.493. The average Bonchev–Trinajstić information content (AvgIpc) is 2.43. The van der Waals surface area contributed by atoms with Gasteiger partial charge in [0.15, 0.2) is 0 Å². The van der Waals surface area contributed by atoms with Crippen LogP contribution in [0, 0.1) is 5.92 Å². The zero-order chi connectivity index (χ0) is 14.1. The highest BCUT2D eigenvalue weighted by Crippen LogP contribution is 2.18. The number of hydrogen-bond donors (Lipinski definition) is 1. The molecule has 1 fully saturated rings. The molecule has 1 heterocycles. The lowest BCUT2D eigenvalue weighted by Crippen LogP contribution is -2.41. The Morgan fingerprint density at radius 2 is 2.00 bits per heavy atom. The van der Waals surface area contributed by atoms with Crippen LogP contribution < -0.4 is 0 Å². The van der Waals surface area contributed by atoms with Crippen molar-refractivity contribution in [3.63, 3.8) is 0 Å². The molecule has 19 heavy (non-hydrogen) atoms. The molecule has 1 rings (SSSR count). The van der Waals surface area contributed by atoms with Crippen LogP contribution >= 0.6 is 0 Å². The van der Waals surface area contributed by atoms with Gasteiger partial charge >= 0.3 is 5.97 Å². The average molecular weight is 275 g/mol. The van der Waals surface area contributed by atoms with Crippen LogP contribution in [0.15, 0.2) is 0 Å². The molecule has 0 aromatic rings. The van der Waals surface area contributed by atoms with E-state index in [4.69, 9.17) is 14.2 Å². The van der Waals surface area contributed by atoms with E-state index < -0.39 is 6.10 Å². The molecule has 0 saturated carbocycles. The number of rotatable bonds is 8. The normalized spacial score (nSPS) is 19.3. The van der Waals surface area contributed by atoms with Crippen molar-refractivity contribution in [3.05, 3.63) is 0 Å². The van der Waals surface area contributed by atoms with Gasteiger partial charge < -0.3 is 24.2 Å². The minimum absolute atomic E-state index is 0.0105. The summed E-state index contributed by atoms with van der Waals surface area (Å²) in [6.07, 6.45) is 1.10. The summed E-state index contributed by atoms with van der Waals surface area (Å²) in [4.78, 5) is 13.5. The van der Waals surface area contributed by atoms with Gasteiger partial charge in [-0.25, -0.2) is 0 Å². The largest absolute Gasteiger partial charge is 0.469 e. The molecule has 0 spiro atoms. The van der Waals surface area contributed by atoms with Gasteiger partial charge in [0, 0.05) is 13.7 Å². The zero-order valence-corrected chi connectivity index (χ0v) is 11.8. The van der Waals surface area contributed by atoms with Gasteiger partial charge in [0.05, 0.1) is 39.0 Å². The first-order valence-electron chi connectivity index (χ1n) is 6.72. The van der Waals surface area contributed by atoms with Crippen molar-refractivity contribution in [2.75, 3.05) is 53.7 Å². The van der Waals surface area contributed by atoms with Gasteiger partial charge in [0.1, 0.15) is 0 Å². The summed E-state index contributed by atoms with van der Waals surface area (Å²) in [7, 11) is 3.04. The van der Waals surface area contributed by atoms with Crippen molar-refractivity contribution in [2.45, 2.75) is 18.9 Å². The number of aliphatic hydroxyl groups is 1. The number of β-amino-alcohol motifs (C(OH)–C–C–N with tert-alkyl or cyclic N) is 1. The predicted octanol–water partition coefficient (Wildman–Crippen LogP) is -0.105. The third-order valence-corrected chi connectivity index (χ3v) is 3.33. The van der Waals surface area contributed by atoms with E-state index in [-0.39, 0.29) is 11.9 Å². The van der Waals surface area contributed by atoms with Crippen LogP contribution in [-0.2, 0) is 19.0 Å². The minimum Gasteiger partial charge on any atom is -0.469 e. The number of carbonyl (C=O) groups excluding carboxylic acids is 1. The van der Waals surface area contributed by atoms with E-state index >= 15 is 0 Å². The zero-order valence-electron chi connectivity index (χ0n) is 11.8. The van der Waals surface area contributed by atoms with E-state index in [1.165, 1.54) is 7.11 Å². The first-order chi connectivity index (χ1) is 9.17. The summed E-state index contributed by atoms with van der Waals surface area (Å²) in [5.74, 6) is -0.112. The molecule has 0 radical (unpaired) electrons. The molecule has 1 saturated heterocycles. The second-order valence-corrected chi connectivity index (χ2v) is 4.82. The Kier molecular flexibility index (Phi) is 7.97. The Bertz CT molecular complexity index is 253. The third-order valence-electron chi connectivity index (χ3n) is 3.33. The molecule has 6 nitrogen and oxygen atoms in total. The standard InChI is InChI=1S/C13H25NO5/c1-17-7-8-19-10-12(15)9-14-5-3-11(4-6-14)13(16)18-2/h11-12,15H,3-10H2,1-2H3. The van der Waals surface area contributed by atoms with Crippen molar-refractivity contribution in [2.24, 2.45) is 5.92 Å². The summed E-state index contributed by atoms with van der Waals surface area (Å²) in [5, 5.41) is 9.82. The second-order valence-electron chi connectivity index (χ2n) is 4.82. The lowest BCUT2D eigenvalue weighted by molar-refractivity contribution is -0.147. The van der Waals surface area contributed by atoms with Gasteiger partial charge in [-0.2, -0.15) is 0 Å². The minimum atomic E-state index is -0.494. The van der Waals surface area contributed by atoms with Crippen molar-refractivity contribution in [1.29, 1.82) is 0 Å². The fourth-order valence-electron chi connectivity index (χ4n) is 2.23. The maximum absolute atomic E-state index is 11.4. The number of piperidine rings is 1. The van der Waals surface area contributed by atoms with E-state index in [0.29, 0.717) is 26.4 Å². The van der Waals surface area contributed by atoms with Crippen LogP contribution in [0.1, 0.15) is 12.8 Å². The molecule has 1 N–H and O–H groups in total. The number of ether oxygens (including phenoxy) is 3. The van der Waals surface area contributed by atoms with Crippen LogP contribution in [0.2, 0.25) is 0 Å². The molecular weight excluding hydrogens is 250 g/mol. The lowest BCUT2D eigenvalue weighted by atomic mass is 9.97. The van der Waals surface area contributed by atoms with E-state index in [2.05, 4.69) is 4.90 Å². The monoisotopic (exact) mass is 275 g/mol. The first-order valence-corrected chi connectivity index (χ1v) is 6.72. The molecule has 6 heteroatoms. The van der Waals surface area contributed by atoms with E-state index in [1.807, 2.05) is 0 Å². The van der Waals surface area contributed by atoms with E-state index in [1.54, 1.807) is 7.11 Å². The molecular formula is C13H25NO5. The summed E-state index contributed by atoms with van der Waals surface area (Å²) in [6, 6.07) is 0. The van der Waals surface area contributed by atoms with Crippen LogP contribution in [0.5, 0.6) is 0 Å². The van der Waals surface area contributed by atoms with Gasteiger partial charge in [-0.3, -0.25) is 4.79 Å². The maximum Gasteiger partial charge on any atom is 0.308 e. The molecule has 1 atom stereocenters. The Morgan fingerprint density at radius 3 is 2.58 bits per heavy atom. The molecule has 0 aromatic heterocycles. The SMILES string of the molecule is COCCOCC(O)CN1CCC(C(=O)OC)CC1. The molecule has 1 unspecified atom stereocenters. The second kappa shape index (κ2) is 9.25. The van der Waals surface area contributed by atoms with E-state index in [0.717, 1.165) is 25.9 Å². The van der Waals surface area contributed by atoms with Gasteiger partial charge in [0.2, 0.25) is 0 Å². The summed E-state index contributed by atoms with van der Waals surface area (Å²) >= 11 is 0. The highest BCUT2D eigenvalue weighted by atomic mass is 16.5. The van der Waals surface area contributed by atoms with Crippen molar-refractivity contribution < 1.29 is 24.1 Å². The van der Waals surface area contributed by atoms with Gasteiger partial charge in [-0.05, 0) is 25.9 Å². The fraction of sp³-hybridized carbons (Fsp3) is 0.923. The Morgan fingerprint density at radius 1 is 1.32 bits per heavy atom. The molecule has 112 valence electrons. The predicted molar refractivity (Wildman–Crippen MR) is 69.9 cm³/mol. The van der Waals surface area contributed by atoms with Crippen molar-refractivity contribution >= 4 is 5.97 Å². The molecule has 0 aliphatic carbocycles. The molecule has 0 aromatic carbocycles. The number of esters is 1. The highest BCUT2D eigenvalue weighted by Gasteiger charge is 2.26. The van der Waals surface area contributed by atoms with Crippen LogP contribution in [0.3, 0.4) is 0 Å². The smallest absolute Gasteiger partial charge is 0.308 e. The van der Waals surface area contributed by atoms with Gasteiger partial charge in [-0.1, -0.05) is 0 Å². The fourth-order valence-corrected chi connectivity index (χ4v) is 2.23. The molecule has 0 amide bonds. The van der Waals surface area contributed by atoms with Gasteiger partial charge in [0.25, 0.3) is 0 Å². The molecule has 1 aliphatic heterocycles. The van der Waals surface area contributed by atoms with Crippen molar-refractivity contribution in [1.82, 2.24) is 4.90 Å². The van der Waals surface area contributed by atoms with Gasteiger partial charge in [-0.15, -0.1) is 0 Å². The number of nitrogens with zero attached hydrogens (tertiary/aromatic N) is 1. The Labute approximate surface area is 114 Å². The van der Waals surface area contributed by atoms with E-state index in [9.17, 15) is 9.90 Å². The highest BCUT2D eigenvalue weighted by molar-refractivity contribution is 5.72. The number of hydrogen-bond acceptors (Lipinski definition) is 6.